The van der Waals surface area contributed by atoms with Crippen LogP contribution in [0.25, 0.3) is 33.3 Å². The van der Waals surface area contributed by atoms with Gasteiger partial charge in [-0.15, -0.1) is 0 Å². The molecular weight excluding hydrogens is 336 g/mol. The second-order valence-corrected chi connectivity index (χ2v) is 6.91. The molecule has 4 heteroatoms. The first kappa shape index (κ1) is 17.2. The second-order valence-electron chi connectivity index (χ2n) is 6.91. The van der Waals surface area contributed by atoms with Gasteiger partial charge in [-0.2, -0.15) is 0 Å². The summed E-state index contributed by atoms with van der Waals surface area (Å²) in [5.41, 5.74) is 5.75. The Balaban J connectivity index is 2.14. The van der Waals surface area contributed by atoms with E-state index >= 15 is 0 Å². The van der Waals surface area contributed by atoms with Crippen molar-refractivity contribution in [3.05, 3.63) is 70.9 Å². The van der Waals surface area contributed by atoms with E-state index < -0.39 is 0 Å². The molecule has 1 aliphatic heterocycles. The minimum Gasteiger partial charge on any atom is -0.497 e. The van der Waals surface area contributed by atoms with Crippen LogP contribution in [0.2, 0.25) is 0 Å². The van der Waals surface area contributed by atoms with Gasteiger partial charge in [0, 0.05) is 55.4 Å². The molecule has 0 saturated carbocycles. The Bertz CT molecular complexity index is 1160. The number of ether oxygens (including phenoxy) is 1. The fourth-order valence-electron chi connectivity index (χ4n) is 3.68. The summed E-state index contributed by atoms with van der Waals surface area (Å²) in [6, 6.07) is 20.0. The topological polar surface area (TPSA) is 34.5 Å². The van der Waals surface area contributed by atoms with E-state index in [2.05, 4.69) is 45.9 Å². The number of anilines is 1. The number of methoxy groups -OCH3 is 1. The highest BCUT2D eigenvalue weighted by atomic mass is 16.5. The lowest BCUT2D eigenvalue weighted by atomic mass is 9.91. The summed E-state index contributed by atoms with van der Waals surface area (Å²) in [5, 5.41) is 1.06. The monoisotopic (exact) mass is 358 g/mol. The highest BCUT2D eigenvalue weighted by Crippen LogP contribution is 2.39. The van der Waals surface area contributed by atoms with E-state index in [0.29, 0.717) is 5.75 Å². The zero-order valence-electron chi connectivity index (χ0n) is 16.0. The summed E-state index contributed by atoms with van der Waals surface area (Å²) in [4.78, 5) is 15.1. The first-order valence-electron chi connectivity index (χ1n) is 8.88. The van der Waals surface area contributed by atoms with Crippen molar-refractivity contribution in [2.24, 2.45) is 7.05 Å². The maximum Gasteiger partial charge on any atom is 0.192 e. The molecule has 0 atom stereocenters. The normalized spacial score (nSPS) is 11.1. The average Bonchev–Trinajstić information content (AvgIpc) is 2.69. The Morgan fingerprint density at radius 2 is 1.63 bits per heavy atom. The zero-order chi connectivity index (χ0) is 19.1. The highest BCUT2D eigenvalue weighted by Gasteiger charge is 2.21. The fraction of sp³-hybridized carbons (Fsp3) is 0.174. The molecule has 1 aliphatic carbocycles. The predicted octanol–water partition coefficient (Wildman–Crippen LogP) is 4.38. The van der Waals surface area contributed by atoms with E-state index in [1.54, 1.807) is 13.2 Å². The van der Waals surface area contributed by atoms with E-state index in [4.69, 9.17) is 4.74 Å². The number of pyridine rings is 1. The maximum absolute atomic E-state index is 13.0. The summed E-state index contributed by atoms with van der Waals surface area (Å²) >= 11 is 0. The molecule has 136 valence electrons. The number of aromatic nitrogens is 1. The van der Waals surface area contributed by atoms with Crippen molar-refractivity contribution < 1.29 is 4.74 Å². The van der Waals surface area contributed by atoms with Crippen LogP contribution in [0, 0.1) is 0 Å². The third-order valence-corrected chi connectivity index (χ3v) is 5.11. The standard InChI is InChI=1S/C23H22N2O2/c1-24(2)16-11-9-15(10-12-16)22-18-7-5-6-8-19(18)25(3)20-13-17(27-4)14-21(26)23(20)22/h5-14H,1-4H3. The summed E-state index contributed by atoms with van der Waals surface area (Å²) in [6.45, 7) is 0. The zero-order valence-corrected chi connectivity index (χ0v) is 16.0. The molecule has 0 aromatic heterocycles. The number of aryl methyl sites for hydroxylation is 1. The number of para-hydroxylation sites is 1. The van der Waals surface area contributed by atoms with Gasteiger partial charge in [0.05, 0.1) is 18.4 Å². The van der Waals surface area contributed by atoms with Crippen molar-refractivity contribution in [1.29, 1.82) is 0 Å². The largest absolute Gasteiger partial charge is 0.497 e. The quantitative estimate of drug-likeness (QED) is 0.510. The number of hydrogen-bond donors (Lipinski definition) is 0. The SMILES string of the molecule is COc1cc2n(C)c3ccccc3c(-c3ccc(N(C)C)cc3)c-2c(=O)c1. The Hall–Kier alpha value is -3.27. The third-order valence-electron chi connectivity index (χ3n) is 5.11. The van der Waals surface area contributed by atoms with E-state index in [9.17, 15) is 4.79 Å². The van der Waals surface area contributed by atoms with Crippen molar-refractivity contribution in [2.45, 2.75) is 0 Å². The van der Waals surface area contributed by atoms with Crippen LogP contribution in [0.4, 0.5) is 5.69 Å². The number of fused-ring (bicyclic) bond motifs is 2. The van der Waals surface area contributed by atoms with Gasteiger partial charge in [-0.3, -0.25) is 4.79 Å². The molecule has 27 heavy (non-hydrogen) atoms. The number of benzene rings is 3. The number of hydrogen-bond acceptors (Lipinski definition) is 3. The molecule has 2 aromatic carbocycles. The van der Waals surface area contributed by atoms with Crippen LogP contribution < -0.4 is 15.1 Å². The summed E-state index contributed by atoms with van der Waals surface area (Å²) in [6.07, 6.45) is 0. The molecule has 0 radical (unpaired) electrons. The van der Waals surface area contributed by atoms with Gasteiger partial charge in [0.15, 0.2) is 5.43 Å². The van der Waals surface area contributed by atoms with Crippen molar-refractivity contribution in [2.75, 3.05) is 26.1 Å². The maximum atomic E-state index is 13.0. The summed E-state index contributed by atoms with van der Waals surface area (Å²) in [7, 11) is 7.61. The molecule has 1 heterocycles. The van der Waals surface area contributed by atoms with Gasteiger partial charge >= 0.3 is 0 Å². The Labute approximate surface area is 158 Å². The molecule has 4 rings (SSSR count). The minimum absolute atomic E-state index is 0.0302. The van der Waals surface area contributed by atoms with Crippen LogP contribution in [0.15, 0.2) is 65.5 Å². The van der Waals surface area contributed by atoms with Crippen molar-refractivity contribution in [3.63, 3.8) is 0 Å². The number of nitrogens with zero attached hydrogens (tertiary/aromatic N) is 2. The van der Waals surface area contributed by atoms with Crippen LogP contribution in [-0.2, 0) is 7.05 Å². The first-order valence-corrected chi connectivity index (χ1v) is 8.88. The van der Waals surface area contributed by atoms with Crippen LogP contribution in [-0.4, -0.2) is 25.8 Å². The predicted molar refractivity (Wildman–Crippen MR) is 112 cm³/mol. The molecular formula is C23H22N2O2. The molecule has 0 spiro atoms. The van der Waals surface area contributed by atoms with Gasteiger partial charge in [-0.25, -0.2) is 0 Å². The molecule has 0 fully saturated rings. The molecule has 0 N–H and O–H groups in total. The Kier molecular flexibility index (Phi) is 4.11. The molecule has 2 aliphatic rings. The highest BCUT2D eigenvalue weighted by molar-refractivity contribution is 6.04. The smallest absolute Gasteiger partial charge is 0.192 e. The molecule has 0 saturated heterocycles. The van der Waals surface area contributed by atoms with E-state index in [-0.39, 0.29) is 5.43 Å². The lowest BCUT2D eigenvalue weighted by molar-refractivity contribution is 0.414. The van der Waals surface area contributed by atoms with Crippen LogP contribution in [0.3, 0.4) is 0 Å². The molecule has 0 amide bonds. The van der Waals surface area contributed by atoms with Crippen molar-refractivity contribution in [1.82, 2.24) is 4.57 Å². The number of rotatable bonds is 3. The lowest BCUT2D eigenvalue weighted by Gasteiger charge is -2.21. The van der Waals surface area contributed by atoms with Gasteiger partial charge in [-0.05, 0) is 23.8 Å². The molecule has 0 bridgehead atoms. The molecule has 2 aromatic rings. The minimum atomic E-state index is -0.0302. The summed E-state index contributed by atoms with van der Waals surface area (Å²) in [5.74, 6) is 0.576. The van der Waals surface area contributed by atoms with Gasteiger partial charge in [0.2, 0.25) is 0 Å². The first-order chi connectivity index (χ1) is 13.0. The van der Waals surface area contributed by atoms with Crippen molar-refractivity contribution in [3.8, 4) is 28.1 Å². The van der Waals surface area contributed by atoms with Crippen LogP contribution in [0.1, 0.15) is 0 Å². The lowest BCUT2D eigenvalue weighted by Crippen LogP contribution is -2.13. The van der Waals surface area contributed by atoms with Gasteiger partial charge in [0.1, 0.15) is 5.75 Å². The van der Waals surface area contributed by atoms with Gasteiger partial charge in [0.25, 0.3) is 0 Å². The third kappa shape index (κ3) is 2.74. The van der Waals surface area contributed by atoms with Gasteiger partial charge < -0.3 is 14.2 Å². The second kappa shape index (κ2) is 6.47. The fourth-order valence-corrected chi connectivity index (χ4v) is 3.68. The van der Waals surface area contributed by atoms with E-state index in [1.807, 2.05) is 39.3 Å². The average molecular weight is 358 g/mol. The summed E-state index contributed by atoms with van der Waals surface area (Å²) < 4.78 is 7.40. The van der Waals surface area contributed by atoms with Crippen molar-refractivity contribution >= 4 is 16.6 Å². The van der Waals surface area contributed by atoms with Gasteiger partial charge in [-0.1, -0.05) is 30.3 Å². The van der Waals surface area contributed by atoms with E-state index in [1.165, 1.54) is 0 Å². The Morgan fingerprint density at radius 1 is 0.926 bits per heavy atom. The Morgan fingerprint density at radius 3 is 2.30 bits per heavy atom. The molecule has 4 nitrogen and oxygen atoms in total. The van der Waals surface area contributed by atoms with Crippen LogP contribution >= 0.6 is 0 Å². The van der Waals surface area contributed by atoms with E-state index in [0.717, 1.165) is 39.0 Å². The van der Waals surface area contributed by atoms with Crippen LogP contribution in [0.5, 0.6) is 5.75 Å². The molecule has 0 unspecified atom stereocenters.